The van der Waals surface area contributed by atoms with Gasteiger partial charge in [0.2, 0.25) is 0 Å². The third kappa shape index (κ3) is 3.87. The van der Waals surface area contributed by atoms with Crippen molar-refractivity contribution in [2.24, 2.45) is 17.6 Å². The maximum Gasteiger partial charge on any atom is 0.120 e. The number of rotatable bonds is 5. The van der Waals surface area contributed by atoms with Crippen molar-refractivity contribution in [1.82, 2.24) is 0 Å². The Labute approximate surface area is 116 Å². The Morgan fingerprint density at radius 2 is 1.89 bits per heavy atom. The molecule has 3 heteroatoms. The lowest BCUT2D eigenvalue weighted by molar-refractivity contribution is 0.283. The molecule has 0 saturated heterocycles. The molecule has 0 spiro atoms. The topological polar surface area (TPSA) is 38.5 Å². The van der Waals surface area contributed by atoms with Gasteiger partial charge in [-0.15, -0.1) is 0 Å². The Morgan fingerprint density at radius 1 is 1.21 bits per heavy atom. The van der Waals surface area contributed by atoms with Crippen LogP contribution >= 0.6 is 0 Å². The van der Waals surface area contributed by atoms with Gasteiger partial charge in [0.15, 0.2) is 0 Å². The summed E-state index contributed by atoms with van der Waals surface area (Å²) in [4.78, 5) is 2.34. The average molecular weight is 262 g/mol. The van der Waals surface area contributed by atoms with Crippen LogP contribution in [-0.4, -0.2) is 27.2 Å². The molecule has 0 bridgehead atoms. The molecule has 2 N–H and O–H groups in total. The van der Waals surface area contributed by atoms with Crippen LogP contribution in [0.3, 0.4) is 0 Å². The first-order valence-corrected chi connectivity index (χ1v) is 7.28. The smallest absolute Gasteiger partial charge is 0.120 e. The lowest BCUT2D eigenvalue weighted by Crippen LogP contribution is -2.30. The zero-order chi connectivity index (χ0) is 13.7. The second-order valence-corrected chi connectivity index (χ2v) is 5.70. The maximum absolute atomic E-state index is 5.75. The lowest BCUT2D eigenvalue weighted by Gasteiger charge is -2.31. The van der Waals surface area contributed by atoms with Crippen LogP contribution in [0.15, 0.2) is 24.3 Å². The average Bonchev–Trinajstić information content (AvgIpc) is 2.48. The fourth-order valence-corrected chi connectivity index (χ4v) is 2.99. The van der Waals surface area contributed by atoms with Crippen LogP contribution in [0.5, 0.6) is 5.75 Å². The van der Waals surface area contributed by atoms with Crippen LogP contribution in [0.1, 0.15) is 25.7 Å². The van der Waals surface area contributed by atoms with E-state index in [0.717, 1.165) is 30.7 Å². The van der Waals surface area contributed by atoms with Crippen molar-refractivity contribution in [1.29, 1.82) is 0 Å². The summed E-state index contributed by atoms with van der Waals surface area (Å²) in [6.07, 6.45) is 5.23. The minimum atomic E-state index is 0.762. The molecule has 3 nitrogen and oxygen atoms in total. The summed E-state index contributed by atoms with van der Waals surface area (Å²) < 4.78 is 5.28. The molecule has 0 radical (unpaired) electrons. The first kappa shape index (κ1) is 14.2. The van der Waals surface area contributed by atoms with E-state index in [1.807, 2.05) is 6.07 Å². The summed E-state index contributed by atoms with van der Waals surface area (Å²) in [6, 6.07) is 8.29. The van der Waals surface area contributed by atoms with Gasteiger partial charge in [-0.25, -0.2) is 0 Å². The van der Waals surface area contributed by atoms with Gasteiger partial charge < -0.3 is 15.4 Å². The third-order valence-corrected chi connectivity index (χ3v) is 4.33. The van der Waals surface area contributed by atoms with E-state index in [0.29, 0.717) is 0 Å². The summed E-state index contributed by atoms with van der Waals surface area (Å²) in [5, 5.41) is 0. The highest BCUT2D eigenvalue weighted by atomic mass is 16.5. The molecule has 1 aliphatic rings. The third-order valence-electron chi connectivity index (χ3n) is 4.33. The van der Waals surface area contributed by atoms with Crippen LogP contribution in [0.4, 0.5) is 5.69 Å². The SMILES string of the molecule is COc1cccc(N(C)CC2CCC(CN)CC2)c1. The number of anilines is 1. The second-order valence-electron chi connectivity index (χ2n) is 5.70. The van der Waals surface area contributed by atoms with E-state index in [1.165, 1.54) is 31.4 Å². The monoisotopic (exact) mass is 262 g/mol. The Morgan fingerprint density at radius 3 is 2.53 bits per heavy atom. The molecular weight excluding hydrogens is 236 g/mol. The molecular formula is C16H26N2O. The molecule has 0 aliphatic heterocycles. The van der Waals surface area contributed by atoms with Crippen molar-refractivity contribution in [3.8, 4) is 5.75 Å². The molecule has 0 aromatic heterocycles. The first-order chi connectivity index (χ1) is 9.22. The van der Waals surface area contributed by atoms with Crippen LogP contribution in [0.2, 0.25) is 0 Å². The van der Waals surface area contributed by atoms with E-state index in [2.05, 4.69) is 30.1 Å². The van der Waals surface area contributed by atoms with Crippen molar-refractivity contribution in [2.45, 2.75) is 25.7 Å². The highest BCUT2D eigenvalue weighted by Crippen LogP contribution is 2.30. The van der Waals surface area contributed by atoms with Gasteiger partial charge in [0.25, 0.3) is 0 Å². The molecule has 1 aromatic carbocycles. The second kappa shape index (κ2) is 6.80. The Balaban J connectivity index is 1.88. The van der Waals surface area contributed by atoms with Crippen molar-refractivity contribution < 1.29 is 4.74 Å². The quantitative estimate of drug-likeness (QED) is 0.886. The van der Waals surface area contributed by atoms with Gasteiger partial charge in [0, 0.05) is 25.3 Å². The molecule has 0 heterocycles. The van der Waals surface area contributed by atoms with E-state index in [4.69, 9.17) is 10.5 Å². The molecule has 0 amide bonds. The van der Waals surface area contributed by atoms with Gasteiger partial charge in [0.1, 0.15) is 5.75 Å². The van der Waals surface area contributed by atoms with Crippen LogP contribution in [-0.2, 0) is 0 Å². The van der Waals surface area contributed by atoms with Crippen molar-refractivity contribution >= 4 is 5.69 Å². The summed E-state index contributed by atoms with van der Waals surface area (Å²) in [5.74, 6) is 2.49. The summed E-state index contributed by atoms with van der Waals surface area (Å²) >= 11 is 0. The molecule has 1 aliphatic carbocycles. The van der Waals surface area contributed by atoms with Gasteiger partial charge in [-0.1, -0.05) is 6.07 Å². The standard InChI is InChI=1S/C16H26N2O/c1-18(15-4-3-5-16(10-15)19-2)12-14-8-6-13(11-17)7-9-14/h3-5,10,13-14H,6-9,11-12,17H2,1-2H3. The zero-order valence-electron chi connectivity index (χ0n) is 12.1. The van der Waals surface area contributed by atoms with E-state index >= 15 is 0 Å². The van der Waals surface area contributed by atoms with Gasteiger partial charge in [0.05, 0.1) is 7.11 Å². The zero-order valence-corrected chi connectivity index (χ0v) is 12.1. The molecule has 1 saturated carbocycles. The number of ether oxygens (including phenoxy) is 1. The highest BCUT2D eigenvalue weighted by Gasteiger charge is 2.21. The van der Waals surface area contributed by atoms with E-state index in [9.17, 15) is 0 Å². The minimum absolute atomic E-state index is 0.762. The summed E-state index contributed by atoms with van der Waals surface area (Å²) in [6.45, 7) is 1.99. The number of benzene rings is 1. The molecule has 1 fully saturated rings. The molecule has 2 rings (SSSR count). The number of methoxy groups -OCH3 is 1. The van der Waals surface area contributed by atoms with E-state index in [-0.39, 0.29) is 0 Å². The Kier molecular flexibility index (Phi) is 5.08. The maximum atomic E-state index is 5.75. The molecule has 0 unspecified atom stereocenters. The van der Waals surface area contributed by atoms with Crippen molar-refractivity contribution in [3.05, 3.63) is 24.3 Å². The summed E-state index contributed by atoms with van der Waals surface area (Å²) in [7, 11) is 3.89. The van der Waals surface area contributed by atoms with Gasteiger partial charge >= 0.3 is 0 Å². The number of hydrogen-bond donors (Lipinski definition) is 1. The predicted octanol–water partition coefficient (Wildman–Crippen LogP) is 2.90. The van der Waals surface area contributed by atoms with Crippen LogP contribution in [0, 0.1) is 11.8 Å². The van der Waals surface area contributed by atoms with Crippen LogP contribution in [0.25, 0.3) is 0 Å². The minimum Gasteiger partial charge on any atom is -0.497 e. The van der Waals surface area contributed by atoms with Gasteiger partial charge in [-0.05, 0) is 56.2 Å². The molecule has 0 atom stereocenters. The fourth-order valence-electron chi connectivity index (χ4n) is 2.99. The van der Waals surface area contributed by atoms with Crippen LogP contribution < -0.4 is 15.4 Å². The fraction of sp³-hybridized carbons (Fsp3) is 0.625. The number of nitrogens with zero attached hydrogens (tertiary/aromatic N) is 1. The first-order valence-electron chi connectivity index (χ1n) is 7.28. The molecule has 19 heavy (non-hydrogen) atoms. The Bertz CT molecular complexity index is 386. The lowest BCUT2D eigenvalue weighted by atomic mass is 9.82. The normalized spacial score (nSPS) is 23.1. The number of hydrogen-bond acceptors (Lipinski definition) is 3. The van der Waals surface area contributed by atoms with Gasteiger partial charge in [-0.3, -0.25) is 0 Å². The van der Waals surface area contributed by atoms with Crippen molar-refractivity contribution in [3.63, 3.8) is 0 Å². The Hall–Kier alpha value is -1.22. The van der Waals surface area contributed by atoms with Crippen molar-refractivity contribution in [2.75, 3.05) is 32.1 Å². The predicted molar refractivity (Wildman–Crippen MR) is 80.8 cm³/mol. The molecule has 106 valence electrons. The largest absolute Gasteiger partial charge is 0.497 e. The van der Waals surface area contributed by atoms with E-state index in [1.54, 1.807) is 7.11 Å². The molecule has 1 aromatic rings. The van der Waals surface area contributed by atoms with E-state index < -0.39 is 0 Å². The summed E-state index contributed by atoms with van der Waals surface area (Å²) in [5.41, 5.74) is 6.99. The number of nitrogens with two attached hydrogens (primary N) is 1. The van der Waals surface area contributed by atoms with Gasteiger partial charge in [-0.2, -0.15) is 0 Å². The highest BCUT2D eigenvalue weighted by molar-refractivity contribution is 5.50.